The van der Waals surface area contributed by atoms with Gasteiger partial charge in [0.1, 0.15) is 6.54 Å². The molecule has 0 radical (unpaired) electrons. The van der Waals surface area contributed by atoms with Crippen molar-refractivity contribution in [2.75, 3.05) is 44.5 Å². The Morgan fingerprint density at radius 3 is 1.61 bits per heavy atom. The van der Waals surface area contributed by atoms with Crippen LogP contribution in [0.2, 0.25) is 0 Å². The Hall–Kier alpha value is -3.30. The molecule has 0 aliphatic heterocycles. The van der Waals surface area contributed by atoms with Gasteiger partial charge in [-0.2, -0.15) is 0 Å². The molecule has 0 bridgehead atoms. The molecular formula is C29H32ClN3. The Balaban J connectivity index is 0.00000306. The van der Waals surface area contributed by atoms with E-state index >= 15 is 0 Å². The normalized spacial score (nSPS) is 13.4. The number of allylic oxidation sites excluding steroid dienone is 3. The lowest BCUT2D eigenvalue weighted by Gasteiger charge is -2.21. The third-order valence-corrected chi connectivity index (χ3v) is 5.91. The molecule has 1 aliphatic rings. The standard InChI is InChI=1S/C29H31N3.ClH/c1-6-30-28-20-19-27(25-9-7-8-10-26(25)28)29(21-11-15-23(16-12-21)31(2)3)22-13-17-24(18-14-22)32(4)5;/h7-20H,6H2,1-5H3;1H. The zero-order valence-electron chi connectivity index (χ0n) is 20.1. The minimum atomic E-state index is 0. The number of nitrogens with zero attached hydrogens (tertiary/aromatic N) is 2. The van der Waals surface area contributed by atoms with Crippen molar-refractivity contribution in [2.45, 2.75) is 6.92 Å². The van der Waals surface area contributed by atoms with Crippen LogP contribution in [0.5, 0.6) is 0 Å². The average Bonchev–Trinajstić information content (AvgIpc) is 2.81. The monoisotopic (exact) mass is 457 g/mol. The van der Waals surface area contributed by atoms with Crippen LogP contribution in [0, 0.1) is 0 Å². The van der Waals surface area contributed by atoms with E-state index in [2.05, 4.69) is 135 Å². The predicted octanol–water partition coefficient (Wildman–Crippen LogP) is 1.24. The van der Waals surface area contributed by atoms with Crippen LogP contribution >= 0.6 is 0 Å². The van der Waals surface area contributed by atoms with Crippen molar-refractivity contribution in [1.29, 1.82) is 0 Å². The molecule has 0 heterocycles. The lowest BCUT2D eigenvalue weighted by Crippen LogP contribution is -3.00. The summed E-state index contributed by atoms with van der Waals surface area (Å²) in [5.74, 6) is 0. The second-order valence-corrected chi connectivity index (χ2v) is 8.49. The van der Waals surface area contributed by atoms with E-state index in [1.165, 1.54) is 50.5 Å². The highest BCUT2D eigenvalue weighted by molar-refractivity contribution is 6.17. The SMILES string of the molecule is CC[NH+]=C1C=CC(=C(c2ccc(N(C)C)cc2)c2ccc(N(C)C)cc2)c2ccccc21.[Cl-]. The van der Waals surface area contributed by atoms with Crippen LogP contribution < -0.4 is 27.2 Å². The van der Waals surface area contributed by atoms with Gasteiger partial charge in [-0.3, -0.25) is 0 Å². The molecule has 4 heteroatoms. The van der Waals surface area contributed by atoms with Crippen LogP contribution in [0.3, 0.4) is 0 Å². The number of anilines is 2. The fraction of sp³-hybridized carbons (Fsp3) is 0.207. The summed E-state index contributed by atoms with van der Waals surface area (Å²) in [7, 11) is 8.30. The maximum Gasteiger partial charge on any atom is 0.206 e. The zero-order valence-corrected chi connectivity index (χ0v) is 20.8. The van der Waals surface area contributed by atoms with E-state index in [0.717, 1.165) is 6.54 Å². The van der Waals surface area contributed by atoms with Gasteiger partial charge in [-0.05, 0) is 71.2 Å². The molecular weight excluding hydrogens is 426 g/mol. The molecule has 0 aromatic heterocycles. The molecule has 0 atom stereocenters. The lowest BCUT2D eigenvalue weighted by molar-refractivity contribution is -0.450. The van der Waals surface area contributed by atoms with Crippen molar-refractivity contribution in [1.82, 2.24) is 0 Å². The van der Waals surface area contributed by atoms with Crippen LogP contribution in [-0.4, -0.2) is 40.4 Å². The van der Waals surface area contributed by atoms with Gasteiger partial charge in [0.15, 0.2) is 0 Å². The van der Waals surface area contributed by atoms with E-state index in [9.17, 15) is 0 Å². The van der Waals surface area contributed by atoms with E-state index in [4.69, 9.17) is 0 Å². The van der Waals surface area contributed by atoms with Gasteiger partial charge in [-0.1, -0.05) is 42.5 Å². The molecule has 3 aromatic rings. The van der Waals surface area contributed by atoms with Gasteiger partial charge >= 0.3 is 0 Å². The number of nitrogens with one attached hydrogen (secondary N) is 1. The van der Waals surface area contributed by atoms with Gasteiger partial charge in [-0.15, -0.1) is 0 Å². The highest BCUT2D eigenvalue weighted by Crippen LogP contribution is 2.37. The van der Waals surface area contributed by atoms with E-state index in [1.807, 2.05) is 0 Å². The summed E-state index contributed by atoms with van der Waals surface area (Å²) < 4.78 is 0. The molecule has 3 nitrogen and oxygen atoms in total. The van der Waals surface area contributed by atoms with Gasteiger partial charge in [0, 0.05) is 45.6 Å². The second-order valence-electron chi connectivity index (χ2n) is 8.49. The Morgan fingerprint density at radius 1 is 0.667 bits per heavy atom. The summed E-state index contributed by atoms with van der Waals surface area (Å²) in [5, 5.41) is 0. The first kappa shape index (κ1) is 24.3. The molecule has 170 valence electrons. The van der Waals surface area contributed by atoms with Gasteiger partial charge in [0.2, 0.25) is 5.71 Å². The van der Waals surface area contributed by atoms with Crippen molar-refractivity contribution in [3.05, 3.63) is 107 Å². The molecule has 4 rings (SSSR count). The molecule has 1 N–H and O–H groups in total. The summed E-state index contributed by atoms with van der Waals surface area (Å²) in [6.45, 7) is 3.04. The Labute approximate surface area is 204 Å². The summed E-state index contributed by atoms with van der Waals surface area (Å²) in [4.78, 5) is 7.79. The second kappa shape index (κ2) is 10.5. The third-order valence-electron chi connectivity index (χ3n) is 5.91. The molecule has 0 saturated carbocycles. The molecule has 33 heavy (non-hydrogen) atoms. The Bertz CT molecular complexity index is 1130. The first-order valence-electron chi connectivity index (χ1n) is 11.2. The van der Waals surface area contributed by atoms with Crippen molar-refractivity contribution in [3.8, 4) is 0 Å². The van der Waals surface area contributed by atoms with E-state index in [-0.39, 0.29) is 12.4 Å². The highest BCUT2D eigenvalue weighted by atomic mass is 35.5. The Morgan fingerprint density at radius 2 is 1.15 bits per heavy atom. The maximum atomic E-state index is 3.52. The van der Waals surface area contributed by atoms with Crippen molar-refractivity contribution in [2.24, 2.45) is 0 Å². The minimum absolute atomic E-state index is 0. The summed E-state index contributed by atoms with van der Waals surface area (Å²) in [5.41, 5.74) is 11.0. The van der Waals surface area contributed by atoms with Crippen molar-refractivity contribution < 1.29 is 17.4 Å². The molecule has 0 amide bonds. The number of fused-ring (bicyclic) bond motifs is 1. The van der Waals surface area contributed by atoms with Gasteiger partial charge < -0.3 is 22.2 Å². The summed E-state index contributed by atoms with van der Waals surface area (Å²) >= 11 is 0. The van der Waals surface area contributed by atoms with E-state index in [1.54, 1.807) is 0 Å². The summed E-state index contributed by atoms with van der Waals surface area (Å²) in [6, 6.07) is 26.4. The fourth-order valence-corrected chi connectivity index (χ4v) is 4.19. The van der Waals surface area contributed by atoms with Crippen molar-refractivity contribution >= 4 is 28.2 Å². The molecule has 1 aliphatic carbocycles. The topological polar surface area (TPSA) is 20.5 Å². The maximum absolute atomic E-state index is 3.52. The third kappa shape index (κ3) is 5.04. The molecule has 0 spiro atoms. The average molecular weight is 458 g/mol. The zero-order chi connectivity index (χ0) is 22.7. The number of hydrogen-bond donors (Lipinski definition) is 1. The number of benzene rings is 3. The largest absolute Gasteiger partial charge is 1.00 e. The lowest BCUT2D eigenvalue weighted by atomic mass is 9.83. The quantitative estimate of drug-likeness (QED) is 0.622. The number of halogens is 1. The molecule has 0 unspecified atom stereocenters. The fourth-order valence-electron chi connectivity index (χ4n) is 4.19. The van der Waals surface area contributed by atoms with Crippen LogP contribution in [0.25, 0.3) is 11.1 Å². The first-order valence-corrected chi connectivity index (χ1v) is 11.2. The van der Waals surface area contributed by atoms with E-state index < -0.39 is 0 Å². The smallest absolute Gasteiger partial charge is 0.206 e. The van der Waals surface area contributed by atoms with Crippen LogP contribution in [0.15, 0.2) is 84.9 Å². The molecule has 3 aromatic carbocycles. The number of rotatable bonds is 5. The first-order chi connectivity index (χ1) is 15.5. The van der Waals surface area contributed by atoms with Gasteiger partial charge in [-0.25, -0.2) is 4.99 Å². The van der Waals surface area contributed by atoms with Crippen LogP contribution in [0.1, 0.15) is 29.2 Å². The van der Waals surface area contributed by atoms with Gasteiger partial charge in [0.05, 0.1) is 5.56 Å². The molecule has 0 fully saturated rings. The van der Waals surface area contributed by atoms with Gasteiger partial charge in [0.25, 0.3) is 0 Å². The minimum Gasteiger partial charge on any atom is -1.00 e. The van der Waals surface area contributed by atoms with Crippen molar-refractivity contribution in [3.63, 3.8) is 0 Å². The highest BCUT2D eigenvalue weighted by Gasteiger charge is 2.22. The Kier molecular flexibility index (Phi) is 7.78. The summed E-state index contributed by atoms with van der Waals surface area (Å²) in [6.07, 6.45) is 4.47. The predicted molar refractivity (Wildman–Crippen MR) is 139 cm³/mol. The van der Waals surface area contributed by atoms with E-state index in [0.29, 0.717) is 0 Å². The van der Waals surface area contributed by atoms with Crippen LogP contribution in [-0.2, 0) is 0 Å². The number of hydrogen-bond acceptors (Lipinski definition) is 2. The molecule has 0 saturated heterocycles. The van der Waals surface area contributed by atoms with Crippen LogP contribution in [0.4, 0.5) is 11.4 Å².